The summed E-state index contributed by atoms with van der Waals surface area (Å²) in [5, 5.41) is 40.1. The van der Waals surface area contributed by atoms with Gasteiger partial charge < -0.3 is 68.0 Å². The Balaban J connectivity index is 1.62. The summed E-state index contributed by atoms with van der Waals surface area (Å²) in [6.45, 7) is 4.25. The van der Waals surface area contributed by atoms with E-state index in [0.29, 0.717) is 24.8 Å². The minimum atomic E-state index is -1.54. The molecule has 2 heterocycles. The second kappa shape index (κ2) is 36.6. The number of ether oxygens (including phenoxy) is 2. The Bertz CT molecular complexity index is 2460. The number of nitrogens with zero attached hydrogens (tertiary/aromatic N) is 4. The molecule has 450 valence electrons. The third-order valence-corrected chi connectivity index (χ3v) is 12.2. The molecule has 0 aliphatic carbocycles. The van der Waals surface area contributed by atoms with Crippen LogP contribution < -0.4 is 58.5 Å². The van der Waals surface area contributed by atoms with Gasteiger partial charge in [0.2, 0.25) is 53.2 Å². The Kier molecular flexibility index (Phi) is 30.2. The van der Waals surface area contributed by atoms with Crippen molar-refractivity contribution < 1.29 is 67.0 Å². The number of guanidine groups is 1. The van der Waals surface area contributed by atoms with E-state index in [9.17, 15) is 57.5 Å². The van der Waals surface area contributed by atoms with Gasteiger partial charge in [-0.2, -0.15) is 0 Å². The molecule has 12 N–H and O–H groups in total. The zero-order valence-electron chi connectivity index (χ0n) is 46.8. The highest BCUT2D eigenvalue weighted by Crippen LogP contribution is 2.13. The number of amides is 11. The van der Waals surface area contributed by atoms with Crippen molar-refractivity contribution in [3.8, 4) is 0 Å². The molecule has 82 heavy (non-hydrogen) atoms. The van der Waals surface area contributed by atoms with Gasteiger partial charge in [-0.3, -0.25) is 67.8 Å². The number of azide groups is 1. The minimum Gasteiger partial charge on any atom is -0.460 e. The molecule has 30 heteroatoms. The first-order valence-electron chi connectivity index (χ1n) is 27.1. The fourth-order valence-electron chi connectivity index (χ4n) is 8.00. The van der Waals surface area contributed by atoms with E-state index >= 15 is 0 Å². The standard InChI is InChI=1S/C52H78N16O14/c1-52(2,3)82-45(75)30-38-50(80)66-37(29-33-13-6-5-7-14-33)49(79)65-36(48(78)64-35(17-12-24-59-51(53)55-4)47(77)60-31-42(72)63-38)16-9-10-22-56-39(69)21-27-81-28-25-58-46(76)34(15-8-11-23-57-41(71)32-61-67-54)62-40(70)20-26-68-43(73)18-19-44(68)74/h5-7,13-14,18-19,34-38H,8-12,15-17,20-32H2,1-4H3,(H,56,69)(H,57,71)(H,58,76)(H,60,77)(H,62,70)(H,63,72)(H,64,78)(H,65,79)(H,66,80)(H3,53,55,59)/t34-,35-,36-,37+,38-/m0/s1. The summed E-state index contributed by atoms with van der Waals surface area (Å²) < 4.78 is 11.0. The number of carbonyl (C=O) groups is 12. The number of nitrogens with one attached hydrogen (secondary N) is 12. The number of rotatable bonds is 31. The summed E-state index contributed by atoms with van der Waals surface area (Å²) in [4.78, 5) is 160. The Labute approximate surface area is 474 Å². The molecule has 0 unspecified atom stereocenters. The monoisotopic (exact) mass is 1150 g/mol. The molecule has 11 amide bonds. The Morgan fingerprint density at radius 3 is 2.00 bits per heavy atom. The molecule has 1 saturated heterocycles. The van der Waals surface area contributed by atoms with E-state index in [1.165, 1.54) is 0 Å². The second-order valence-electron chi connectivity index (χ2n) is 20.0. The summed E-state index contributed by atoms with van der Waals surface area (Å²) >= 11 is 0. The van der Waals surface area contributed by atoms with Crippen LogP contribution in [0.3, 0.4) is 0 Å². The molecule has 3 rings (SSSR count). The number of hydrogen-bond acceptors (Lipinski definition) is 16. The fourth-order valence-corrected chi connectivity index (χ4v) is 8.00. The van der Waals surface area contributed by atoms with Crippen LogP contribution in [0.1, 0.15) is 97.0 Å². The quantitative estimate of drug-likeness (QED) is 0.00547. The van der Waals surface area contributed by atoms with Gasteiger partial charge in [0.25, 0.3) is 11.8 Å². The lowest BCUT2D eigenvalue weighted by molar-refractivity contribution is -0.156. The molecule has 0 radical (unpaired) electrons. The number of imide groups is 1. The first kappa shape index (κ1) is 67.6. The summed E-state index contributed by atoms with van der Waals surface area (Å²) in [6.07, 6.45) is 3.06. The van der Waals surface area contributed by atoms with Crippen LogP contribution in [0.4, 0.5) is 0 Å². The summed E-state index contributed by atoms with van der Waals surface area (Å²) in [7, 11) is 1.55. The molecule has 0 aromatic heterocycles. The van der Waals surface area contributed by atoms with Crippen LogP contribution in [0.15, 0.2) is 47.6 Å². The lowest BCUT2D eigenvalue weighted by atomic mass is 10.0. The van der Waals surface area contributed by atoms with Gasteiger partial charge in [-0.25, -0.2) is 0 Å². The second-order valence-corrected chi connectivity index (χ2v) is 20.0. The lowest BCUT2D eigenvalue weighted by Gasteiger charge is -2.26. The van der Waals surface area contributed by atoms with Crippen molar-refractivity contribution in [1.29, 1.82) is 5.41 Å². The predicted molar refractivity (Wildman–Crippen MR) is 294 cm³/mol. The molecule has 2 aliphatic heterocycles. The SMILES string of the molecule is CNC(=N)NCCC[C@@H]1NC(=O)[C@H](CCCCNC(=O)CCOCCNC(=O)[C@H](CCCCNC(=O)CN=[N+]=[N-])NC(=O)CCN2C(=O)C=CC2=O)NC(=O)[C@@H](Cc2ccccc2)NC(=O)[C@H](CC(=O)OC(C)(C)C)NC(=O)CNC1=O. The topological polar surface area (TPSA) is 431 Å². The van der Waals surface area contributed by atoms with E-state index < -0.39 is 114 Å². The van der Waals surface area contributed by atoms with Gasteiger partial charge in [0.05, 0.1) is 26.2 Å². The maximum Gasteiger partial charge on any atom is 0.308 e. The van der Waals surface area contributed by atoms with E-state index in [0.717, 1.165) is 17.1 Å². The summed E-state index contributed by atoms with van der Waals surface area (Å²) in [5.41, 5.74) is 8.09. The zero-order valence-corrected chi connectivity index (χ0v) is 46.8. The van der Waals surface area contributed by atoms with Crippen molar-refractivity contribution in [3.05, 3.63) is 58.5 Å². The molecular formula is C52H78N16O14. The van der Waals surface area contributed by atoms with E-state index in [-0.39, 0.29) is 116 Å². The van der Waals surface area contributed by atoms with Crippen LogP contribution in [0.5, 0.6) is 0 Å². The van der Waals surface area contributed by atoms with Crippen molar-refractivity contribution in [2.75, 3.05) is 66.1 Å². The fraction of sp³-hybridized carbons (Fsp3) is 0.596. The van der Waals surface area contributed by atoms with Crippen molar-refractivity contribution in [1.82, 2.24) is 63.4 Å². The van der Waals surface area contributed by atoms with E-state index in [1.807, 2.05) is 0 Å². The Morgan fingerprint density at radius 1 is 0.720 bits per heavy atom. The van der Waals surface area contributed by atoms with Crippen molar-refractivity contribution in [2.45, 2.75) is 134 Å². The average molecular weight is 1150 g/mol. The van der Waals surface area contributed by atoms with Crippen LogP contribution in [-0.4, -0.2) is 184 Å². The van der Waals surface area contributed by atoms with Gasteiger partial charge in [0.15, 0.2) is 5.96 Å². The van der Waals surface area contributed by atoms with Gasteiger partial charge in [-0.15, -0.1) is 0 Å². The molecule has 0 saturated carbocycles. The predicted octanol–water partition coefficient (Wildman–Crippen LogP) is -2.24. The minimum absolute atomic E-state index is 0.00370. The normalized spacial score (nSPS) is 18.1. The highest BCUT2D eigenvalue weighted by molar-refractivity contribution is 6.13. The average Bonchev–Trinajstić information content (AvgIpc) is 3.81. The molecule has 2 aliphatic rings. The smallest absolute Gasteiger partial charge is 0.308 e. The maximum atomic E-state index is 14.3. The highest BCUT2D eigenvalue weighted by atomic mass is 16.6. The molecule has 1 aromatic rings. The van der Waals surface area contributed by atoms with Gasteiger partial charge in [0, 0.05) is 76.1 Å². The zero-order chi connectivity index (χ0) is 60.5. The van der Waals surface area contributed by atoms with Gasteiger partial charge >= 0.3 is 5.97 Å². The van der Waals surface area contributed by atoms with E-state index in [4.69, 9.17) is 20.4 Å². The summed E-state index contributed by atoms with van der Waals surface area (Å²) in [5.74, 6) is -7.96. The number of hydrogen-bond donors (Lipinski definition) is 12. The number of unbranched alkanes of at least 4 members (excludes halogenated alkanes) is 2. The number of esters is 1. The van der Waals surface area contributed by atoms with Crippen molar-refractivity contribution in [3.63, 3.8) is 0 Å². The first-order chi connectivity index (χ1) is 39.1. The van der Waals surface area contributed by atoms with Gasteiger partial charge in [-0.1, -0.05) is 35.4 Å². The van der Waals surface area contributed by atoms with E-state index in [2.05, 4.69) is 68.5 Å². The highest BCUT2D eigenvalue weighted by Gasteiger charge is 2.34. The molecular weight excluding hydrogens is 1070 g/mol. The lowest BCUT2D eigenvalue weighted by Crippen LogP contribution is -2.58. The van der Waals surface area contributed by atoms with Crippen LogP contribution in [-0.2, 0) is 73.4 Å². The Hall–Kier alpha value is -8.66. The van der Waals surface area contributed by atoms with Crippen LogP contribution in [0.2, 0.25) is 0 Å². The largest absolute Gasteiger partial charge is 0.460 e. The molecule has 0 bridgehead atoms. The first-order valence-corrected chi connectivity index (χ1v) is 27.1. The van der Waals surface area contributed by atoms with Crippen LogP contribution in [0.25, 0.3) is 10.4 Å². The molecule has 5 atom stereocenters. The Morgan fingerprint density at radius 2 is 1.33 bits per heavy atom. The van der Waals surface area contributed by atoms with Crippen molar-refractivity contribution in [2.24, 2.45) is 5.11 Å². The maximum absolute atomic E-state index is 14.3. The van der Waals surface area contributed by atoms with Crippen LogP contribution >= 0.6 is 0 Å². The van der Waals surface area contributed by atoms with Gasteiger partial charge in [0.1, 0.15) is 42.4 Å². The number of benzene rings is 1. The number of carbonyl (C=O) groups excluding carboxylic acids is 12. The molecule has 0 spiro atoms. The van der Waals surface area contributed by atoms with Crippen molar-refractivity contribution >= 4 is 76.9 Å². The van der Waals surface area contributed by atoms with Crippen LogP contribution in [0, 0.1) is 5.41 Å². The third kappa shape index (κ3) is 27.5. The summed E-state index contributed by atoms with van der Waals surface area (Å²) in [6, 6.07) is 2.27. The molecule has 1 fully saturated rings. The molecule has 30 nitrogen and oxygen atoms in total. The third-order valence-electron chi connectivity index (χ3n) is 12.2. The molecule has 1 aromatic carbocycles. The van der Waals surface area contributed by atoms with Gasteiger partial charge in [-0.05, 0) is 83.2 Å². The van der Waals surface area contributed by atoms with E-state index in [1.54, 1.807) is 58.2 Å².